The molecule has 0 bridgehead atoms. The van der Waals surface area contributed by atoms with Crippen LogP contribution in [0.15, 0.2) is 60.7 Å². The first kappa shape index (κ1) is 12.4. The van der Waals surface area contributed by atoms with Gasteiger partial charge in [-0.15, -0.1) is 0 Å². The minimum atomic E-state index is -0.577. The van der Waals surface area contributed by atoms with E-state index in [-0.39, 0.29) is 11.8 Å². The summed E-state index contributed by atoms with van der Waals surface area (Å²) >= 11 is 0. The molecule has 1 heterocycles. The highest BCUT2D eigenvalue weighted by atomic mass is 16.2. The average molecular weight is 266 g/mol. The first-order chi connectivity index (χ1) is 9.75. The largest absolute Gasteiger partial charge is 0.325 e. The molecule has 4 nitrogen and oxygen atoms in total. The molecule has 20 heavy (non-hydrogen) atoms. The molecular formula is C16H14N2O2. The van der Waals surface area contributed by atoms with E-state index in [4.69, 9.17) is 0 Å². The van der Waals surface area contributed by atoms with Crippen molar-refractivity contribution in [1.29, 1.82) is 0 Å². The number of urea groups is 1. The maximum Gasteiger partial charge on any atom is 0.322 e. The number of carbonyl (C=O) groups excluding carboxylic acids is 2. The Balaban J connectivity index is 2.05. The van der Waals surface area contributed by atoms with Crippen molar-refractivity contribution in [2.75, 3.05) is 0 Å². The Morgan fingerprint density at radius 2 is 1.30 bits per heavy atom. The molecule has 1 atom stereocenters. The van der Waals surface area contributed by atoms with Crippen LogP contribution in [-0.2, 0) is 4.79 Å². The molecule has 1 aliphatic heterocycles. The van der Waals surface area contributed by atoms with Crippen LogP contribution in [0.2, 0.25) is 0 Å². The molecule has 100 valence electrons. The zero-order valence-electron chi connectivity index (χ0n) is 10.7. The van der Waals surface area contributed by atoms with Crippen molar-refractivity contribution in [3.63, 3.8) is 0 Å². The summed E-state index contributed by atoms with van der Waals surface area (Å²) in [5.41, 5.74) is 2.00. The predicted octanol–water partition coefficient (Wildman–Crippen LogP) is 2.03. The van der Waals surface area contributed by atoms with Crippen LogP contribution in [0.25, 0.3) is 0 Å². The van der Waals surface area contributed by atoms with Crippen LogP contribution in [0.5, 0.6) is 0 Å². The highest BCUT2D eigenvalue weighted by Crippen LogP contribution is 2.29. The number of nitrogens with one attached hydrogen (secondary N) is 2. The van der Waals surface area contributed by atoms with E-state index in [0.717, 1.165) is 11.1 Å². The van der Waals surface area contributed by atoms with Gasteiger partial charge in [-0.1, -0.05) is 60.7 Å². The summed E-state index contributed by atoms with van der Waals surface area (Å²) in [5, 5.41) is 5.00. The summed E-state index contributed by atoms with van der Waals surface area (Å²) < 4.78 is 0. The molecule has 2 aromatic rings. The maximum absolute atomic E-state index is 12.0. The van der Waals surface area contributed by atoms with E-state index in [9.17, 15) is 9.59 Å². The third-order valence-corrected chi connectivity index (χ3v) is 3.46. The molecular weight excluding hydrogens is 252 g/mol. The first-order valence-electron chi connectivity index (χ1n) is 6.47. The number of imide groups is 1. The topological polar surface area (TPSA) is 58.2 Å². The van der Waals surface area contributed by atoms with Gasteiger partial charge in [-0.05, 0) is 11.1 Å². The van der Waals surface area contributed by atoms with Crippen LogP contribution in [-0.4, -0.2) is 18.0 Å². The quantitative estimate of drug-likeness (QED) is 0.835. The fourth-order valence-corrected chi connectivity index (χ4v) is 2.57. The van der Waals surface area contributed by atoms with Crippen molar-refractivity contribution in [2.24, 2.45) is 0 Å². The number of rotatable bonds is 3. The minimum Gasteiger partial charge on any atom is -0.325 e. The van der Waals surface area contributed by atoms with Crippen molar-refractivity contribution < 1.29 is 9.59 Å². The zero-order valence-corrected chi connectivity index (χ0v) is 10.7. The molecule has 0 aromatic heterocycles. The summed E-state index contributed by atoms with van der Waals surface area (Å²) in [6.07, 6.45) is 0. The van der Waals surface area contributed by atoms with Gasteiger partial charge in [0.2, 0.25) is 0 Å². The van der Waals surface area contributed by atoms with Crippen LogP contribution in [0.3, 0.4) is 0 Å². The van der Waals surface area contributed by atoms with Crippen molar-refractivity contribution in [1.82, 2.24) is 10.6 Å². The Hall–Kier alpha value is -2.62. The summed E-state index contributed by atoms with van der Waals surface area (Å²) in [4.78, 5) is 23.4. The molecule has 3 amide bonds. The van der Waals surface area contributed by atoms with Crippen LogP contribution < -0.4 is 10.6 Å². The van der Waals surface area contributed by atoms with E-state index in [1.54, 1.807) is 0 Å². The Morgan fingerprint density at radius 3 is 1.70 bits per heavy atom. The second-order valence-electron chi connectivity index (χ2n) is 4.74. The molecule has 3 rings (SSSR count). The Morgan fingerprint density at radius 1 is 0.800 bits per heavy atom. The van der Waals surface area contributed by atoms with Crippen molar-refractivity contribution in [3.8, 4) is 0 Å². The molecule has 4 heteroatoms. The maximum atomic E-state index is 12.0. The van der Waals surface area contributed by atoms with E-state index in [1.807, 2.05) is 60.7 Å². The third kappa shape index (κ3) is 2.28. The smallest absolute Gasteiger partial charge is 0.322 e. The van der Waals surface area contributed by atoms with Crippen molar-refractivity contribution in [2.45, 2.75) is 12.0 Å². The van der Waals surface area contributed by atoms with Gasteiger partial charge >= 0.3 is 6.03 Å². The van der Waals surface area contributed by atoms with E-state index in [2.05, 4.69) is 10.6 Å². The lowest BCUT2D eigenvalue weighted by molar-refractivity contribution is -0.120. The fourth-order valence-electron chi connectivity index (χ4n) is 2.57. The van der Waals surface area contributed by atoms with Crippen LogP contribution in [0, 0.1) is 0 Å². The van der Waals surface area contributed by atoms with E-state index in [0.29, 0.717) is 0 Å². The number of carbonyl (C=O) groups is 2. The van der Waals surface area contributed by atoms with Gasteiger partial charge in [0, 0.05) is 5.92 Å². The number of hydrogen-bond donors (Lipinski definition) is 2. The van der Waals surface area contributed by atoms with E-state index in [1.165, 1.54) is 0 Å². The number of hydrogen-bond acceptors (Lipinski definition) is 2. The highest BCUT2D eigenvalue weighted by Gasteiger charge is 2.37. The van der Waals surface area contributed by atoms with Gasteiger partial charge in [0.05, 0.1) is 0 Å². The minimum absolute atomic E-state index is 0.191. The molecule has 1 unspecified atom stereocenters. The molecule has 2 N–H and O–H groups in total. The molecule has 1 saturated heterocycles. The molecule has 2 aromatic carbocycles. The second kappa shape index (κ2) is 5.17. The Labute approximate surface area is 116 Å². The summed E-state index contributed by atoms with van der Waals surface area (Å²) in [6, 6.07) is 18.4. The van der Waals surface area contributed by atoms with Gasteiger partial charge in [0.25, 0.3) is 5.91 Å². The van der Waals surface area contributed by atoms with Crippen LogP contribution in [0.4, 0.5) is 4.79 Å². The Bertz CT molecular complexity index is 586. The number of amides is 3. The van der Waals surface area contributed by atoms with Gasteiger partial charge in [-0.2, -0.15) is 0 Å². The monoisotopic (exact) mass is 266 g/mol. The number of benzene rings is 2. The molecule has 0 spiro atoms. The van der Waals surface area contributed by atoms with Gasteiger partial charge in [-0.3, -0.25) is 10.1 Å². The SMILES string of the molecule is O=C1NC(=O)C(C(c2ccccc2)c2ccccc2)N1. The predicted molar refractivity (Wildman–Crippen MR) is 75.2 cm³/mol. The lowest BCUT2D eigenvalue weighted by atomic mass is 9.85. The lowest BCUT2D eigenvalue weighted by Crippen LogP contribution is -2.36. The second-order valence-corrected chi connectivity index (χ2v) is 4.74. The first-order valence-corrected chi connectivity index (χ1v) is 6.47. The van der Waals surface area contributed by atoms with Crippen LogP contribution in [0.1, 0.15) is 17.0 Å². The van der Waals surface area contributed by atoms with Crippen molar-refractivity contribution in [3.05, 3.63) is 71.8 Å². The normalized spacial score (nSPS) is 17.9. The molecule has 0 saturated carbocycles. The van der Waals surface area contributed by atoms with Crippen LogP contribution >= 0.6 is 0 Å². The standard InChI is InChI=1S/C16H14N2O2/c19-15-14(17-16(20)18-15)13(11-7-3-1-4-8-11)12-9-5-2-6-10-12/h1-10,13-14H,(H2,17,18,19,20). The Kier molecular flexibility index (Phi) is 3.21. The zero-order chi connectivity index (χ0) is 13.9. The summed E-state index contributed by atoms with van der Waals surface area (Å²) in [5.74, 6) is -0.475. The van der Waals surface area contributed by atoms with Gasteiger partial charge < -0.3 is 5.32 Å². The summed E-state index contributed by atoms with van der Waals surface area (Å²) in [7, 11) is 0. The van der Waals surface area contributed by atoms with Gasteiger partial charge in [0.1, 0.15) is 6.04 Å². The highest BCUT2D eigenvalue weighted by molar-refractivity contribution is 6.05. The van der Waals surface area contributed by atoms with Crippen molar-refractivity contribution >= 4 is 11.9 Å². The molecule has 1 aliphatic rings. The molecule has 0 aliphatic carbocycles. The van der Waals surface area contributed by atoms with Gasteiger partial charge in [0.15, 0.2) is 0 Å². The summed E-state index contributed by atoms with van der Waals surface area (Å²) in [6.45, 7) is 0. The third-order valence-electron chi connectivity index (χ3n) is 3.46. The lowest BCUT2D eigenvalue weighted by Gasteiger charge is -2.22. The average Bonchev–Trinajstić information content (AvgIpc) is 2.80. The fraction of sp³-hybridized carbons (Fsp3) is 0.125. The van der Waals surface area contributed by atoms with E-state index < -0.39 is 12.1 Å². The van der Waals surface area contributed by atoms with Gasteiger partial charge in [-0.25, -0.2) is 4.79 Å². The van der Waals surface area contributed by atoms with E-state index >= 15 is 0 Å². The molecule has 1 fully saturated rings. The molecule has 0 radical (unpaired) electrons.